The van der Waals surface area contributed by atoms with Crippen LogP contribution < -0.4 is 0 Å². The zero-order valence-electron chi connectivity index (χ0n) is 10.6. The van der Waals surface area contributed by atoms with Crippen LogP contribution in [0.25, 0.3) is 16.5 Å². The summed E-state index contributed by atoms with van der Waals surface area (Å²) in [6, 6.07) is 14.2. The van der Waals surface area contributed by atoms with Gasteiger partial charge in [-0.1, -0.05) is 30.3 Å². The Morgan fingerprint density at radius 1 is 0.950 bits per heavy atom. The number of rotatable bonds is 1. The molecule has 0 spiro atoms. The van der Waals surface area contributed by atoms with Crippen LogP contribution in [0.2, 0.25) is 0 Å². The molecule has 0 saturated carbocycles. The van der Waals surface area contributed by atoms with E-state index in [1.54, 1.807) is 13.0 Å². The molecule has 0 aliphatic rings. The molecule has 0 amide bonds. The number of hydrogen-bond acceptors (Lipinski definition) is 1. The highest BCUT2D eigenvalue weighted by atomic mass is 19.4. The van der Waals surface area contributed by atoms with Crippen LogP contribution in [-0.4, -0.2) is 9.78 Å². The number of benzene rings is 2. The van der Waals surface area contributed by atoms with Gasteiger partial charge in [0.2, 0.25) is 0 Å². The lowest BCUT2D eigenvalue weighted by atomic mass is 10.1. The second-order valence-corrected chi connectivity index (χ2v) is 4.61. The third-order valence-corrected chi connectivity index (χ3v) is 3.16. The molecule has 0 radical (unpaired) electrons. The van der Waals surface area contributed by atoms with Gasteiger partial charge in [-0.2, -0.15) is 18.3 Å². The van der Waals surface area contributed by atoms with Crippen molar-refractivity contribution < 1.29 is 13.2 Å². The smallest absolute Gasteiger partial charge is 0.237 e. The van der Waals surface area contributed by atoms with Crippen molar-refractivity contribution >= 4 is 10.8 Å². The van der Waals surface area contributed by atoms with Crippen LogP contribution in [0, 0.1) is 6.92 Å². The maximum Gasteiger partial charge on any atom is 0.435 e. The largest absolute Gasteiger partial charge is 0.435 e. The summed E-state index contributed by atoms with van der Waals surface area (Å²) >= 11 is 0. The normalized spacial score (nSPS) is 12.0. The molecule has 0 atom stereocenters. The molecule has 2 aromatic carbocycles. The molecule has 0 aliphatic carbocycles. The maximum atomic E-state index is 12.7. The van der Waals surface area contributed by atoms with Gasteiger partial charge in [-0.05, 0) is 35.9 Å². The molecule has 3 aromatic rings. The number of fused-ring (bicyclic) bond motifs is 1. The highest BCUT2D eigenvalue weighted by Gasteiger charge is 2.34. The Morgan fingerprint density at radius 2 is 1.65 bits per heavy atom. The van der Waals surface area contributed by atoms with E-state index in [-0.39, 0.29) is 0 Å². The van der Waals surface area contributed by atoms with Gasteiger partial charge in [-0.25, -0.2) is 4.68 Å². The Kier molecular flexibility index (Phi) is 2.78. The molecule has 0 N–H and O–H groups in total. The zero-order chi connectivity index (χ0) is 14.3. The van der Waals surface area contributed by atoms with Crippen LogP contribution in [0.1, 0.15) is 11.4 Å². The lowest BCUT2D eigenvalue weighted by Crippen LogP contribution is -2.07. The van der Waals surface area contributed by atoms with Crippen molar-refractivity contribution in [3.8, 4) is 5.69 Å². The lowest BCUT2D eigenvalue weighted by Gasteiger charge is -2.06. The highest BCUT2D eigenvalue weighted by Crippen LogP contribution is 2.29. The minimum Gasteiger partial charge on any atom is -0.237 e. The molecule has 0 saturated heterocycles. The number of alkyl halides is 3. The molecular formula is C15H11F3N2. The average molecular weight is 276 g/mol. The van der Waals surface area contributed by atoms with Crippen molar-refractivity contribution in [3.63, 3.8) is 0 Å². The topological polar surface area (TPSA) is 17.8 Å². The van der Waals surface area contributed by atoms with Crippen LogP contribution >= 0.6 is 0 Å². The number of aromatic nitrogens is 2. The number of halogens is 3. The second kappa shape index (κ2) is 4.37. The number of aryl methyl sites for hydroxylation is 1. The number of nitrogens with zero attached hydrogens (tertiary/aromatic N) is 2. The van der Waals surface area contributed by atoms with E-state index in [4.69, 9.17) is 0 Å². The number of hydrogen-bond donors (Lipinski definition) is 0. The Morgan fingerprint density at radius 3 is 2.30 bits per heavy atom. The van der Waals surface area contributed by atoms with E-state index in [0.29, 0.717) is 11.4 Å². The van der Waals surface area contributed by atoms with Crippen molar-refractivity contribution in [2.24, 2.45) is 0 Å². The van der Waals surface area contributed by atoms with E-state index in [1.165, 1.54) is 4.68 Å². The summed E-state index contributed by atoms with van der Waals surface area (Å²) in [5.41, 5.74) is 0.201. The SMILES string of the molecule is Cc1cc(C(F)(F)F)nn1-c1ccc2ccccc2c1. The van der Waals surface area contributed by atoms with E-state index >= 15 is 0 Å². The zero-order valence-corrected chi connectivity index (χ0v) is 10.6. The fraction of sp³-hybridized carbons (Fsp3) is 0.133. The van der Waals surface area contributed by atoms with E-state index in [1.807, 2.05) is 36.4 Å². The third kappa shape index (κ3) is 2.15. The van der Waals surface area contributed by atoms with Gasteiger partial charge in [0.05, 0.1) is 5.69 Å². The van der Waals surface area contributed by atoms with Crippen molar-refractivity contribution in [2.75, 3.05) is 0 Å². The molecule has 0 bridgehead atoms. The maximum absolute atomic E-state index is 12.7. The van der Waals surface area contributed by atoms with Crippen LogP contribution in [0.5, 0.6) is 0 Å². The van der Waals surface area contributed by atoms with Crippen molar-refractivity contribution in [3.05, 3.63) is 59.9 Å². The van der Waals surface area contributed by atoms with E-state index in [9.17, 15) is 13.2 Å². The van der Waals surface area contributed by atoms with Crippen LogP contribution in [0.4, 0.5) is 13.2 Å². The summed E-state index contributed by atoms with van der Waals surface area (Å²) in [6.07, 6.45) is -4.42. The van der Waals surface area contributed by atoms with Crippen LogP contribution in [0.3, 0.4) is 0 Å². The van der Waals surface area contributed by atoms with Gasteiger partial charge in [0.1, 0.15) is 0 Å². The lowest BCUT2D eigenvalue weighted by molar-refractivity contribution is -0.141. The summed E-state index contributed by atoms with van der Waals surface area (Å²) in [6.45, 7) is 1.61. The molecule has 0 unspecified atom stereocenters. The first-order chi connectivity index (χ1) is 9.45. The fourth-order valence-corrected chi connectivity index (χ4v) is 2.18. The van der Waals surface area contributed by atoms with Gasteiger partial charge < -0.3 is 0 Å². The molecule has 2 nitrogen and oxygen atoms in total. The Bertz CT molecular complexity index is 772. The summed E-state index contributed by atoms with van der Waals surface area (Å²) in [5.74, 6) is 0. The van der Waals surface area contributed by atoms with Crippen molar-refractivity contribution in [1.82, 2.24) is 9.78 Å². The van der Waals surface area contributed by atoms with E-state index < -0.39 is 11.9 Å². The second-order valence-electron chi connectivity index (χ2n) is 4.61. The quantitative estimate of drug-likeness (QED) is 0.646. The van der Waals surface area contributed by atoms with Gasteiger partial charge in [-0.3, -0.25) is 0 Å². The molecule has 0 fully saturated rings. The summed E-state index contributed by atoms with van der Waals surface area (Å²) < 4.78 is 39.3. The Labute approximate surface area is 113 Å². The van der Waals surface area contributed by atoms with Gasteiger partial charge in [0.15, 0.2) is 5.69 Å². The average Bonchev–Trinajstić information content (AvgIpc) is 2.80. The van der Waals surface area contributed by atoms with Crippen molar-refractivity contribution in [1.29, 1.82) is 0 Å². The van der Waals surface area contributed by atoms with Gasteiger partial charge >= 0.3 is 6.18 Å². The molecule has 0 aliphatic heterocycles. The third-order valence-electron chi connectivity index (χ3n) is 3.16. The fourth-order valence-electron chi connectivity index (χ4n) is 2.18. The summed E-state index contributed by atoms with van der Waals surface area (Å²) in [4.78, 5) is 0. The van der Waals surface area contributed by atoms with E-state index in [0.717, 1.165) is 16.8 Å². The molecule has 1 aromatic heterocycles. The van der Waals surface area contributed by atoms with Crippen LogP contribution in [0.15, 0.2) is 48.5 Å². The van der Waals surface area contributed by atoms with Gasteiger partial charge in [0, 0.05) is 5.69 Å². The predicted octanol–water partition coefficient (Wildman–Crippen LogP) is 4.35. The van der Waals surface area contributed by atoms with E-state index in [2.05, 4.69) is 5.10 Å². The summed E-state index contributed by atoms with van der Waals surface area (Å²) in [7, 11) is 0. The molecule has 1 heterocycles. The molecule has 3 rings (SSSR count). The first kappa shape index (κ1) is 12.7. The molecular weight excluding hydrogens is 265 g/mol. The predicted molar refractivity (Wildman–Crippen MR) is 70.8 cm³/mol. The van der Waals surface area contributed by atoms with Gasteiger partial charge in [0.25, 0.3) is 0 Å². The van der Waals surface area contributed by atoms with Crippen LogP contribution in [-0.2, 0) is 6.18 Å². The molecule has 5 heteroatoms. The Balaban J connectivity index is 2.13. The highest BCUT2D eigenvalue weighted by molar-refractivity contribution is 5.84. The monoisotopic (exact) mass is 276 g/mol. The molecule has 102 valence electrons. The van der Waals surface area contributed by atoms with Gasteiger partial charge in [-0.15, -0.1) is 0 Å². The Hall–Kier alpha value is -2.30. The standard InChI is InChI=1S/C15H11F3N2/c1-10-8-14(15(16,17)18)19-20(10)13-7-6-11-4-2-3-5-12(11)9-13/h2-9H,1H3. The first-order valence-electron chi connectivity index (χ1n) is 6.08. The first-order valence-corrected chi connectivity index (χ1v) is 6.08. The molecule has 20 heavy (non-hydrogen) atoms. The summed E-state index contributed by atoms with van der Waals surface area (Å²) in [5, 5.41) is 5.65. The minimum absolute atomic E-state index is 0.451. The van der Waals surface area contributed by atoms with Crippen molar-refractivity contribution in [2.45, 2.75) is 13.1 Å². The minimum atomic E-state index is -4.42.